The molecule has 0 aromatic rings. The summed E-state index contributed by atoms with van der Waals surface area (Å²) in [6, 6.07) is 0. The van der Waals surface area contributed by atoms with Crippen LogP contribution in [0.4, 0.5) is 0 Å². The molecule has 0 rings (SSSR count). The smallest absolute Gasteiger partial charge is 0.00181 e. The van der Waals surface area contributed by atoms with Crippen molar-refractivity contribution in [2.75, 3.05) is 13.1 Å². The summed E-state index contributed by atoms with van der Waals surface area (Å²) in [5.41, 5.74) is 0. The second-order valence-corrected chi connectivity index (χ2v) is 4.35. The van der Waals surface area contributed by atoms with Crippen LogP contribution in [-0.2, 0) is 0 Å². The van der Waals surface area contributed by atoms with Crippen LogP contribution in [0.25, 0.3) is 0 Å². The highest BCUT2D eigenvalue weighted by atomic mass is 14.9. The first kappa shape index (κ1) is 13.0. The van der Waals surface area contributed by atoms with Crippen LogP contribution in [0.3, 0.4) is 0 Å². The van der Waals surface area contributed by atoms with Crippen molar-refractivity contribution in [3.63, 3.8) is 0 Å². The Hall–Kier alpha value is -0.0400. The van der Waals surface area contributed by atoms with E-state index in [9.17, 15) is 0 Å². The van der Waals surface area contributed by atoms with E-state index in [4.69, 9.17) is 0 Å². The lowest BCUT2D eigenvalue weighted by Gasteiger charge is -2.20. The van der Waals surface area contributed by atoms with Crippen LogP contribution in [0.2, 0.25) is 0 Å². The van der Waals surface area contributed by atoms with Crippen LogP contribution in [0.15, 0.2) is 0 Å². The van der Waals surface area contributed by atoms with Crippen molar-refractivity contribution in [2.24, 2.45) is 11.8 Å². The zero-order valence-electron chi connectivity index (χ0n) is 9.90. The zero-order valence-corrected chi connectivity index (χ0v) is 9.90. The number of nitrogens with one attached hydrogen (secondary N) is 1. The fourth-order valence-corrected chi connectivity index (χ4v) is 1.60. The summed E-state index contributed by atoms with van der Waals surface area (Å²) < 4.78 is 0. The summed E-state index contributed by atoms with van der Waals surface area (Å²) >= 11 is 0. The van der Waals surface area contributed by atoms with Gasteiger partial charge in [0.1, 0.15) is 0 Å². The Bertz CT molecular complexity index is 99.3. The van der Waals surface area contributed by atoms with E-state index in [1.165, 1.54) is 38.8 Å². The van der Waals surface area contributed by atoms with E-state index < -0.39 is 0 Å². The van der Waals surface area contributed by atoms with Gasteiger partial charge in [0.15, 0.2) is 0 Å². The lowest BCUT2D eigenvalue weighted by Crippen LogP contribution is -2.26. The molecule has 1 unspecified atom stereocenters. The van der Waals surface area contributed by atoms with Crippen LogP contribution in [0, 0.1) is 11.8 Å². The van der Waals surface area contributed by atoms with Crippen molar-refractivity contribution in [3.05, 3.63) is 0 Å². The molecule has 0 aliphatic rings. The molecular weight excluding hydrogens is 158 g/mol. The molecular formula is C12H27N. The minimum Gasteiger partial charge on any atom is -0.316 e. The Labute approximate surface area is 84.3 Å². The maximum Gasteiger partial charge on any atom is -0.00181 e. The van der Waals surface area contributed by atoms with Crippen molar-refractivity contribution >= 4 is 0 Å². The molecule has 1 atom stereocenters. The molecule has 1 heteroatoms. The molecule has 0 fully saturated rings. The summed E-state index contributed by atoms with van der Waals surface area (Å²) in [4.78, 5) is 0. The molecule has 1 nitrogen and oxygen atoms in total. The van der Waals surface area contributed by atoms with E-state index in [2.05, 4.69) is 33.0 Å². The number of hydrogen-bond donors (Lipinski definition) is 1. The van der Waals surface area contributed by atoms with Gasteiger partial charge in [-0.15, -0.1) is 0 Å². The van der Waals surface area contributed by atoms with Gasteiger partial charge in [-0.2, -0.15) is 0 Å². The molecule has 0 radical (unpaired) electrons. The number of unbranched alkanes of at least 4 members (excludes halogenated alkanes) is 1. The lowest BCUT2D eigenvalue weighted by atomic mass is 9.90. The van der Waals surface area contributed by atoms with Crippen LogP contribution in [0.5, 0.6) is 0 Å². The van der Waals surface area contributed by atoms with E-state index in [0.29, 0.717) is 0 Å². The molecule has 0 bridgehead atoms. The minimum atomic E-state index is 0.830. The topological polar surface area (TPSA) is 12.0 Å². The van der Waals surface area contributed by atoms with Crippen molar-refractivity contribution < 1.29 is 0 Å². The standard InChI is InChI=1S/C12H27N/c1-5-7-8-12(11(3)4)10-13-9-6-2/h11-13H,5-10H2,1-4H3. The van der Waals surface area contributed by atoms with Crippen LogP contribution >= 0.6 is 0 Å². The monoisotopic (exact) mass is 185 g/mol. The third-order valence-corrected chi connectivity index (χ3v) is 2.70. The van der Waals surface area contributed by atoms with Gasteiger partial charge in [-0.25, -0.2) is 0 Å². The molecule has 80 valence electrons. The fraction of sp³-hybridized carbons (Fsp3) is 1.00. The van der Waals surface area contributed by atoms with E-state index in [1.807, 2.05) is 0 Å². The van der Waals surface area contributed by atoms with Gasteiger partial charge in [0.05, 0.1) is 0 Å². The molecule has 13 heavy (non-hydrogen) atoms. The Kier molecular flexibility index (Phi) is 8.53. The Morgan fingerprint density at radius 3 is 2.23 bits per heavy atom. The van der Waals surface area contributed by atoms with Gasteiger partial charge in [-0.3, -0.25) is 0 Å². The average molecular weight is 185 g/mol. The molecule has 0 aromatic carbocycles. The van der Waals surface area contributed by atoms with Crippen molar-refractivity contribution in [1.29, 1.82) is 0 Å². The van der Waals surface area contributed by atoms with E-state index in [1.54, 1.807) is 0 Å². The van der Waals surface area contributed by atoms with E-state index in [0.717, 1.165) is 11.8 Å². The third kappa shape index (κ3) is 7.06. The Balaban J connectivity index is 3.54. The van der Waals surface area contributed by atoms with Crippen molar-refractivity contribution in [2.45, 2.75) is 53.4 Å². The molecule has 0 saturated carbocycles. The minimum absolute atomic E-state index is 0.830. The molecule has 0 amide bonds. The van der Waals surface area contributed by atoms with Gasteiger partial charge < -0.3 is 5.32 Å². The molecule has 0 aliphatic carbocycles. The maximum absolute atomic E-state index is 3.53. The second-order valence-electron chi connectivity index (χ2n) is 4.35. The first-order valence-electron chi connectivity index (χ1n) is 5.93. The number of rotatable bonds is 8. The summed E-state index contributed by atoms with van der Waals surface area (Å²) in [6.07, 6.45) is 5.36. The second kappa shape index (κ2) is 8.55. The molecule has 0 aliphatic heterocycles. The maximum atomic E-state index is 3.53. The molecule has 0 heterocycles. The van der Waals surface area contributed by atoms with Gasteiger partial charge in [-0.05, 0) is 37.8 Å². The van der Waals surface area contributed by atoms with Crippen molar-refractivity contribution in [1.82, 2.24) is 5.32 Å². The Morgan fingerprint density at radius 2 is 1.77 bits per heavy atom. The fourth-order valence-electron chi connectivity index (χ4n) is 1.60. The van der Waals surface area contributed by atoms with Gasteiger partial charge in [0.2, 0.25) is 0 Å². The highest BCUT2D eigenvalue weighted by Crippen LogP contribution is 2.17. The predicted molar refractivity (Wildman–Crippen MR) is 61.0 cm³/mol. The normalized spacial score (nSPS) is 13.6. The molecule has 1 N–H and O–H groups in total. The predicted octanol–water partition coefficient (Wildman–Crippen LogP) is 3.45. The van der Waals surface area contributed by atoms with Gasteiger partial charge in [0, 0.05) is 0 Å². The van der Waals surface area contributed by atoms with Gasteiger partial charge in [-0.1, -0.05) is 40.5 Å². The first-order chi connectivity index (χ1) is 6.22. The van der Waals surface area contributed by atoms with Gasteiger partial charge >= 0.3 is 0 Å². The first-order valence-corrected chi connectivity index (χ1v) is 5.93. The third-order valence-electron chi connectivity index (χ3n) is 2.70. The highest BCUT2D eigenvalue weighted by molar-refractivity contribution is 4.65. The molecule has 0 aromatic heterocycles. The van der Waals surface area contributed by atoms with E-state index >= 15 is 0 Å². The Morgan fingerprint density at radius 1 is 1.08 bits per heavy atom. The SMILES string of the molecule is CCCCC(CNCCC)C(C)C. The highest BCUT2D eigenvalue weighted by Gasteiger charge is 2.11. The average Bonchev–Trinajstić information content (AvgIpc) is 2.10. The van der Waals surface area contributed by atoms with Crippen LogP contribution < -0.4 is 5.32 Å². The molecule has 0 saturated heterocycles. The lowest BCUT2D eigenvalue weighted by molar-refractivity contribution is 0.333. The van der Waals surface area contributed by atoms with Gasteiger partial charge in [0.25, 0.3) is 0 Å². The largest absolute Gasteiger partial charge is 0.316 e. The van der Waals surface area contributed by atoms with Crippen LogP contribution in [0.1, 0.15) is 53.4 Å². The quantitative estimate of drug-likeness (QED) is 0.571. The summed E-state index contributed by atoms with van der Waals surface area (Å²) in [5, 5.41) is 3.53. The number of hydrogen-bond acceptors (Lipinski definition) is 1. The van der Waals surface area contributed by atoms with Crippen LogP contribution in [-0.4, -0.2) is 13.1 Å². The molecule has 0 spiro atoms. The van der Waals surface area contributed by atoms with Crippen molar-refractivity contribution in [3.8, 4) is 0 Å². The summed E-state index contributed by atoms with van der Waals surface area (Å²) in [5.74, 6) is 1.71. The summed E-state index contributed by atoms with van der Waals surface area (Å²) in [7, 11) is 0. The van der Waals surface area contributed by atoms with E-state index in [-0.39, 0.29) is 0 Å². The summed E-state index contributed by atoms with van der Waals surface area (Å²) in [6.45, 7) is 11.6. The zero-order chi connectivity index (χ0) is 10.1.